The van der Waals surface area contributed by atoms with E-state index in [1.165, 1.54) is 18.0 Å². The standard InChI is InChI=1S/C12H16N2O5S/c15-8-14-10(12(17)18)3-5-20-7-11(16)13-6-9-2-1-4-19-9/h1-2,4,8,10H,3,5-7H2,(H,13,16)(H,14,15)(H,17,18). The average molecular weight is 300 g/mol. The van der Waals surface area contributed by atoms with Gasteiger partial charge >= 0.3 is 5.97 Å². The number of carboxylic acids is 1. The zero-order chi connectivity index (χ0) is 14.8. The van der Waals surface area contributed by atoms with Crippen LogP contribution >= 0.6 is 11.8 Å². The molecule has 20 heavy (non-hydrogen) atoms. The maximum Gasteiger partial charge on any atom is 0.326 e. The average Bonchev–Trinajstić information content (AvgIpc) is 2.93. The second kappa shape index (κ2) is 9.03. The fourth-order valence-corrected chi connectivity index (χ4v) is 2.21. The number of rotatable bonds is 10. The molecule has 7 nitrogen and oxygen atoms in total. The second-order valence-electron chi connectivity index (χ2n) is 3.87. The van der Waals surface area contributed by atoms with Crippen molar-refractivity contribution in [1.29, 1.82) is 0 Å². The normalized spacial score (nSPS) is 11.6. The van der Waals surface area contributed by atoms with Crippen molar-refractivity contribution in [3.05, 3.63) is 24.2 Å². The summed E-state index contributed by atoms with van der Waals surface area (Å²) < 4.78 is 5.07. The van der Waals surface area contributed by atoms with E-state index in [2.05, 4.69) is 10.6 Å². The minimum absolute atomic E-state index is 0.151. The van der Waals surface area contributed by atoms with Gasteiger partial charge in [-0.2, -0.15) is 11.8 Å². The van der Waals surface area contributed by atoms with Gasteiger partial charge in [-0.1, -0.05) is 0 Å². The van der Waals surface area contributed by atoms with Crippen LogP contribution in [0.2, 0.25) is 0 Å². The molecule has 1 unspecified atom stereocenters. The van der Waals surface area contributed by atoms with Crippen LogP contribution < -0.4 is 10.6 Å². The van der Waals surface area contributed by atoms with Crippen LogP contribution in [0.5, 0.6) is 0 Å². The van der Waals surface area contributed by atoms with Gasteiger partial charge < -0.3 is 20.2 Å². The number of hydrogen-bond donors (Lipinski definition) is 3. The molecule has 1 heterocycles. The molecule has 0 aromatic carbocycles. The summed E-state index contributed by atoms with van der Waals surface area (Å²) in [4.78, 5) is 32.4. The van der Waals surface area contributed by atoms with E-state index in [0.29, 0.717) is 24.5 Å². The summed E-state index contributed by atoms with van der Waals surface area (Å²) in [6, 6.07) is 2.59. The van der Waals surface area contributed by atoms with E-state index in [4.69, 9.17) is 9.52 Å². The van der Waals surface area contributed by atoms with E-state index in [1.807, 2.05) is 0 Å². The molecule has 1 atom stereocenters. The first kappa shape index (κ1) is 16.1. The number of nitrogens with one attached hydrogen (secondary N) is 2. The van der Waals surface area contributed by atoms with Crippen LogP contribution in [-0.2, 0) is 20.9 Å². The minimum Gasteiger partial charge on any atom is -0.480 e. The Morgan fingerprint density at radius 3 is 2.90 bits per heavy atom. The zero-order valence-electron chi connectivity index (χ0n) is 10.7. The van der Waals surface area contributed by atoms with E-state index < -0.39 is 12.0 Å². The van der Waals surface area contributed by atoms with Gasteiger partial charge in [0.1, 0.15) is 11.8 Å². The Bertz CT molecular complexity index is 435. The first-order valence-corrected chi connectivity index (χ1v) is 7.08. The van der Waals surface area contributed by atoms with Crippen LogP contribution in [-0.4, -0.2) is 40.9 Å². The maximum atomic E-state index is 11.5. The third kappa shape index (κ3) is 6.28. The second-order valence-corrected chi connectivity index (χ2v) is 4.98. The lowest BCUT2D eigenvalue weighted by atomic mass is 10.2. The van der Waals surface area contributed by atoms with E-state index in [1.54, 1.807) is 12.1 Å². The molecule has 0 saturated carbocycles. The molecule has 1 rings (SSSR count). The predicted molar refractivity (Wildman–Crippen MR) is 73.1 cm³/mol. The maximum absolute atomic E-state index is 11.5. The van der Waals surface area contributed by atoms with Crippen LogP contribution in [0.15, 0.2) is 22.8 Å². The third-order valence-corrected chi connectivity index (χ3v) is 3.38. The molecule has 3 N–H and O–H groups in total. The molecule has 0 spiro atoms. The lowest BCUT2D eigenvalue weighted by Crippen LogP contribution is -2.36. The van der Waals surface area contributed by atoms with E-state index >= 15 is 0 Å². The van der Waals surface area contributed by atoms with Gasteiger partial charge in [0.25, 0.3) is 0 Å². The summed E-state index contributed by atoms with van der Waals surface area (Å²) in [5.74, 6) is 0.131. The van der Waals surface area contributed by atoms with Crippen molar-refractivity contribution in [3.63, 3.8) is 0 Å². The van der Waals surface area contributed by atoms with E-state index in [0.717, 1.165) is 0 Å². The molecular formula is C12H16N2O5S. The summed E-state index contributed by atoms with van der Waals surface area (Å²) in [5, 5.41) is 13.7. The molecule has 0 saturated heterocycles. The van der Waals surface area contributed by atoms with Gasteiger partial charge in [-0.3, -0.25) is 9.59 Å². The number of thioether (sulfide) groups is 1. The van der Waals surface area contributed by atoms with Crippen molar-refractivity contribution in [2.24, 2.45) is 0 Å². The summed E-state index contributed by atoms with van der Waals surface area (Å²) >= 11 is 1.31. The topological polar surface area (TPSA) is 109 Å². The molecule has 1 aromatic rings. The summed E-state index contributed by atoms with van der Waals surface area (Å²) in [6.07, 6.45) is 2.16. The van der Waals surface area contributed by atoms with Gasteiger partial charge in [-0.25, -0.2) is 4.79 Å². The monoisotopic (exact) mass is 300 g/mol. The Morgan fingerprint density at radius 1 is 1.50 bits per heavy atom. The van der Waals surface area contributed by atoms with Crippen LogP contribution in [0.3, 0.4) is 0 Å². The van der Waals surface area contributed by atoms with Gasteiger partial charge in [-0.05, 0) is 24.3 Å². The van der Waals surface area contributed by atoms with Gasteiger partial charge in [0.05, 0.1) is 18.6 Å². The van der Waals surface area contributed by atoms with Crippen LogP contribution in [0.1, 0.15) is 12.2 Å². The first-order valence-electron chi connectivity index (χ1n) is 5.93. The van der Waals surface area contributed by atoms with E-state index in [9.17, 15) is 14.4 Å². The highest BCUT2D eigenvalue weighted by Crippen LogP contribution is 2.05. The smallest absolute Gasteiger partial charge is 0.326 e. The molecule has 0 aliphatic rings. The molecule has 0 radical (unpaired) electrons. The fourth-order valence-electron chi connectivity index (χ4n) is 1.38. The molecule has 8 heteroatoms. The Labute approximate surface area is 120 Å². The molecule has 1 aromatic heterocycles. The highest BCUT2D eigenvalue weighted by molar-refractivity contribution is 7.99. The SMILES string of the molecule is O=CNC(CCSCC(=O)NCc1ccco1)C(=O)O. The largest absolute Gasteiger partial charge is 0.480 e. The molecular weight excluding hydrogens is 284 g/mol. The first-order chi connectivity index (χ1) is 9.63. The zero-order valence-corrected chi connectivity index (χ0v) is 11.5. The van der Waals surface area contributed by atoms with Crippen LogP contribution in [0.4, 0.5) is 0 Å². The molecule has 0 aliphatic carbocycles. The third-order valence-electron chi connectivity index (χ3n) is 2.39. The van der Waals surface area contributed by atoms with Crippen LogP contribution in [0.25, 0.3) is 0 Å². The number of carbonyl (C=O) groups is 3. The Hall–Kier alpha value is -1.96. The van der Waals surface area contributed by atoms with Crippen molar-refractivity contribution in [1.82, 2.24) is 10.6 Å². The number of aliphatic carboxylic acids is 1. The number of hydrogen-bond acceptors (Lipinski definition) is 5. The molecule has 0 aliphatic heterocycles. The number of amides is 2. The molecule has 2 amide bonds. The Morgan fingerprint density at radius 2 is 2.30 bits per heavy atom. The summed E-state index contributed by atoms with van der Waals surface area (Å²) in [7, 11) is 0. The summed E-state index contributed by atoms with van der Waals surface area (Å²) in [6.45, 7) is 0.330. The molecule has 0 bridgehead atoms. The highest BCUT2D eigenvalue weighted by atomic mass is 32.2. The van der Waals surface area contributed by atoms with Crippen molar-refractivity contribution in [3.8, 4) is 0 Å². The van der Waals surface area contributed by atoms with Gasteiger partial charge in [0, 0.05) is 0 Å². The highest BCUT2D eigenvalue weighted by Gasteiger charge is 2.15. The Balaban J connectivity index is 2.12. The summed E-state index contributed by atoms with van der Waals surface area (Å²) in [5.41, 5.74) is 0. The van der Waals surface area contributed by atoms with Crippen molar-refractivity contribution in [2.45, 2.75) is 19.0 Å². The van der Waals surface area contributed by atoms with Crippen LogP contribution in [0, 0.1) is 0 Å². The lowest BCUT2D eigenvalue weighted by molar-refractivity contribution is -0.140. The number of carboxylic acid groups (broad SMARTS) is 1. The van der Waals surface area contributed by atoms with Crippen molar-refractivity contribution in [2.75, 3.05) is 11.5 Å². The molecule has 110 valence electrons. The fraction of sp³-hybridized carbons (Fsp3) is 0.417. The number of furan rings is 1. The quantitative estimate of drug-likeness (QED) is 0.421. The number of carbonyl (C=O) groups excluding carboxylic acids is 2. The predicted octanol–water partition coefficient (Wildman–Crippen LogP) is 0.218. The van der Waals surface area contributed by atoms with Crippen molar-refractivity contribution < 1.29 is 23.9 Å². The lowest BCUT2D eigenvalue weighted by Gasteiger charge is -2.10. The van der Waals surface area contributed by atoms with Crippen molar-refractivity contribution >= 4 is 30.0 Å². The van der Waals surface area contributed by atoms with Gasteiger partial charge in [0.2, 0.25) is 12.3 Å². The van der Waals surface area contributed by atoms with Gasteiger partial charge in [0.15, 0.2) is 0 Å². The molecule has 0 fully saturated rings. The minimum atomic E-state index is -1.08. The van der Waals surface area contributed by atoms with E-state index in [-0.39, 0.29) is 18.1 Å². The van der Waals surface area contributed by atoms with Gasteiger partial charge in [-0.15, -0.1) is 0 Å². The Kier molecular flexibility index (Phi) is 7.26.